The molecule has 2 aromatic rings. The van der Waals surface area contributed by atoms with Crippen molar-refractivity contribution in [2.24, 2.45) is 5.92 Å². The number of benzene rings is 1. The van der Waals surface area contributed by atoms with Crippen LogP contribution >= 0.6 is 11.3 Å². The Morgan fingerprint density at radius 2 is 1.79 bits per heavy atom. The molecule has 1 heterocycles. The largest absolute Gasteiger partial charge is 0.493 e. The fraction of sp³-hybridized carbons (Fsp3) is 0.438. The van der Waals surface area contributed by atoms with Crippen molar-refractivity contribution in [2.75, 3.05) is 26.6 Å². The number of methoxy groups -OCH3 is 3. The minimum absolute atomic E-state index is 0.0221. The summed E-state index contributed by atoms with van der Waals surface area (Å²) >= 11 is 1.31. The van der Waals surface area contributed by atoms with E-state index in [0.717, 1.165) is 24.8 Å². The van der Waals surface area contributed by atoms with E-state index in [1.54, 1.807) is 33.5 Å². The van der Waals surface area contributed by atoms with Crippen LogP contribution in [0.25, 0.3) is 10.6 Å². The van der Waals surface area contributed by atoms with Crippen molar-refractivity contribution in [3.63, 3.8) is 0 Å². The van der Waals surface area contributed by atoms with Crippen LogP contribution in [0.2, 0.25) is 0 Å². The van der Waals surface area contributed by atoms with E-state index in [2.05, 4.69) is 15.5 Å². The van der Waals surface area contributed by atoms with Crippen molar-refractivity contribution in [2.45, 2.75) is 19.3 Å². The molecule has 0 radical (unpaired) electrons. The summed E-state index contributed by atoms with van der Waals surface area (Å²) in [7, 11) is 4.68. The summed E-state index contributed by atoms with van der Waals surface area (Å²) in [6.07, 6.45) is 3.01. The number of ether oxygens (including phenoxy) is 3. The first-order chi connectivity index (χ1) is 11.7. The van der Waals surface area contributed by atoms with Crippen LogP contribution in [0.4, 0.5) is 5.13 Å². The summed E-state index contributed by atoms with van der Waals surface area (Å²) in [4.78, 5) is 12.0. The Hall–Kier alpha value is -2.35. The third kappa shape index (κ3) is 3.14. The van der Waals surface area contributed by atoms with Crippen molar-refractivity contribution in [1.82, 2.24) is 10.2 Å². The number of carbonyl (C=O) groups excluding carboxylic acids is 1. The van der Waals surface area contributed by atoms with Gasteiger partial charge in [-0.3, -0.25) is 4.79 Å². The number of hydrogen-bond donors (Lipinski definition) is 1. The van der Waals surface area contributed by atoms with Gasteiger partial charge in [-0.15, -0.1) is 10.2 Å². The van der Waals surface area contributed by atoms with Crippen molar-refractivity contribution < 1.29 is 19.0 Å². The first-order valence-corrected chi connectivity index (χ1v) is 8.42. The van der Waals surface area contributed by atoms with Gasteiger partial charge in [-0.2, -0.15) is 0 Å². The molecule has 8 heteroatoms. The molecule has 24 heavy (non-hydrogen) atoms. The summed E-state index contributed by atoms with van der Waals surface area (Å²) < 4.78 is 16.0. The predicted octanol–water partition coefficient (Wildman–Crippen LogP) is 2.97. The van der Waals surface area contributed by atoms with E-state index in [4.69, 9.17) is 14.2 Å². The Morgan fingerprint density at radius 1 is 1.12 bits per heavy atom. The van der Waals surface area contributed by atoms with E-state index >= 15 is 0 Å². The maximum Gasteiger partial charge on any atom is 0.229 e. The van der Waals surface area contributed by atoms with Crippen LogP contribution in [-0.2, 0) is 4.79 Å². The van der Waals surface area contributed by atoms with Crippen molar-refractivity contribution in [3.8, 4) is 27.8 Å². The van der Waals surface area contributed by atoms with Crippen LogP contribution in [0.3, 0.4) is 0 Å². The van der Waals surface area contributed by atoms with Gasteiger partial charge in [0.25, 0.3) is 0 Å². The Bertz CT molecular complexity index is 718. The summed E-state index contributed by atoms with van der Waals surface area (Å²) in [6, 6.07) is 3.61. The molecular formula is C16H19N3O4S. The zero-order chi connectivity index (χ0) is 17.1. The molecule has 1 aliphatic rings. The summed E-state index contributed by atoms with van der Waals surface area (Å²) in [5.74, 6) is 1.74. The molecule has 0 bridgehead atoms. The second-order valence-corrected chi connectivity index (χ2v) is 6.42. The minimum Gasteiger partial charge on any atom is -0.493 e. The highest BCUT2D eigenvalue weighted by atomic mass is 32.1. The van der Waals surface area contributed by atoms with E-state index in [-0.39, 0.29) is 11.8 Å². The number of nitrogens with zero attached hydrogens (tertiary/aromatic N) is 2. The molecule has 1 N–H and O–H groups in total. The van der Waals surface area contributed by atoms with Gasteiger partial charge in [0.05, 0.1) is 21.3 Å². The maximum atomic E-state index is 12.0. The van der Waals surface area contributed by atoms with Crippen LogP contribution in [0.1, 0.15) is 19.3 Å². The van der Waals surface area contributed by atoms with Gasteiger partial charge in [0, 0.05) is 11.5 Å². The van der Waals surface area contributed by atoms with Crippen molar-refractivity contribution in [3.05, 3.63) is 12.1 Å². The van der Waals surface area contributed by atoms with Gasteiger partial charge in [0.15, 0.2) is 11.5 Å². The quantitative estimate of drug-likeness (QED) is 0.863. The molecule has 128 valence electrons. The minimum atomic E-state index is 0.0221. The fourth-order valence-electron chi connectivity index (χ4n) is 2.47. The van der Waals surface area contributed by atoms with Crippen LogP contribution in [0, 0.1) is 5.92 Å². The molecule has 0 aliphatic heterocycles. The molecule has 0 atom stereocenters. The third-order valence-electron chi connectivity index (χ3n) is 4.04. The van der Waals surface area contributed by atoms with Crippen LogP contribution in [0.5, 0.6) is 17.2 Å². The molecule has 1 aromatic carbocycles. The topological polar surface area (TPSA) is 82.6 Å². The number of hydrogen-bond acceptors (Lipinski definition) is 7. The smallest absolute Gasteiger partial charge is 0.229 e. The van der Waals surface area contributed by atoms with E-state index in [9.17, 15) is 4.79 Å². The average molecular weight is 349 g/mol. The normalized spacial score (nSPS) is 14.0. The van der Waals surface area contributed by atoms with E-state index in [1.807, 2.05) is 0 Å². The second-order valence-electron chi connectivity index (χ2n) is 5.44. The number of amides is 1. The van der Waals surface area contributed by atoms with Gasteiger partial charge >= 0.3 is 0 Å². The molecule has 7 nitrogen and oxygen atoms in total. The number of aromatic nitrogens is 2. The summed E-state index contributed by atoms with van der Waals surface area (Å²) in [5.41, 5.74) is 0.783. The zero-order valence-electron chi connectivity index (χ0n) is 13.8. The number of anilines is 1. The second kappa shape index (κ2) is 7.04. The lowest BCUT2D eigenvalue weighted by molar-refractivity contribution is -0.122. The molecule has 1 fully saturated rings. The lowest BCUT2D eigenvalue weighted by Crippen LogP contribution is -2.27. The highest BCUT2D eigenvalue weighted by Gasteiger charge is 2.26. The fourth-order valence-corrected chi connectivity index (χ4v) is 3.21. The molecule has 3 rings (SSSR count). The molecule has 1 aromatic heterocycles. The number of rotatable bonds is 6. The lowest BCUT2D eigenvalue weighted by atomic mass is 9.85. The van der Waals surface area contributed by atoms with Crippen molar-refractivity contribution >= 4 is 22.4 Å². The highest BCUT2D eigenvalue weighted by Crippen LogP contribution is 2.42. The van der Waals surface area contributed by atoms with Gasteiger partial charge < -0.3 is 19.5 Å². The van der Waals surface area contributed by atoms with Gasteiger partial charge in [-0.1, -0.05) is 17.8 Å². The first kappa shape index (κ1) is 16.5. The summed E-state index contributed by atoms with van der Waals surface area (Å²) in [5, 5.41) is 12.2. The summed E-state index contributed by atoms with van der Waals surface area (Å²) in [6.45, 7) is 0. The molecule has 0 unspecified atom stereocenters. The predicted molar refractivity (Wildman–Crippen MR) is 91.0 cm³/mol. The van der Waals surface area contributed by atoms with Gasteiger partial charge in [-0.05, 0) is 25.0 Å². The molecule has 1 amide bonds. The SMILES string of the molecule is COc1cc(-c2nnc(NC(=O)C3CCC3)s2)cc(OC)c1OC. The van der Waals surface area contributed by atoms with Crippen LogP contribution in [-0.4, -0.2) is 37.4 Å². The average Bonchev–Trinajstić information content (AvgIpc) is 2.99. The number of carbonyl (C=O) groups is 1. The Morgan fingerprint density at radius 3 is 2.29 bits per heavy atom. The zero-order valence-corrected chi connectivity index (χ0v) is 14.6. The van der Waals surface area contributed by atoms with Crippen molar-refractivity contribution in [1.29, 1.82) is 0 Å². The van der Waals surface area contributed by atoms with E-state index in [1.165, 1.54) is 11.3 Å². The van der Waals surface area contributed by atoms with Gasteiger partial charge in [0.2, 0.25) is 16.8 Å². The van der Waals surface area contributed by atoms with Crippen LogP contribution < -0.4 is 19.5 Å². The standard InChI is InChI=1S/C16H19N3O4S/c1-21-11-7-10(8-12(22-2)13(11)23-3)15-18-19-16(24-15)17-14(20)9-5-4-6-9/h7-9H,4-6H2,1-3H3,(H,17,19,20). The van der Waals surface area contributed by atoms with Gasteiger partial charge in [0.1, 0.15) is 5.01 Å². The Balaban J connectivity index is 1.85. The highest BCUT2D eigenvalue weighted by molar-refractivity contribution is 7.18. The molecule has 1 aliphatic carbocycles. The molecule has 0 saturated heterocycles. The van der Waals surface area contributed by atoms with Gasteiger partial charge in [-0.25, -0.2) is 0 Å². The number of nitrogens with one attached hydrogen (secondary N) is 1. The van der Waals surface area contributed by atoms with Crippen LogP contribution in [0.15, 0.2) is 12.1 Å². The monoisotopic (exact) mass is 349 g/mol. The maximum absolute atomic E-state index is 12.0. The Kier molecular flexibility index (Phi) is 4.84. The molecular weight excluding hydrogens is 330 g/mol. The third-order valence-corrected chi connectivity index (χ3v) is 4.93. The first-order valence-electron chi connectivity index (χ1n) is 7.61. The molecule has 1 saturated carbocycles. The molecule has 0 spiro atoms. The van der Waals surface area contributed by atoms with E-state index in [0.29, 0.717) is 27.4 Å². The lowest BCUT2D eigenvalue weighted by Gasteiger charge is -2.23. The Labute approximate surface area is 144 Å². The van der Waals surface area contributed by atoms with E-state index < -0.39 is 0 Å².